The van der Waals surface area contributed by atoms with Crippen LogP contribution in [0.3, 0.4) is 0 Å². The summed E-state index contributed by atoms with van der Waals surface area (Å²) in [5, 5.41) is 12.9. The fraction of sp³-hybridized carbons (Fsp3) is 0.917. The van der Waals surface area contributed by atoms with Gasteiger partial charge in [0.1, 0.15) is 5.54 Å². The van der Waals surface area contributed by atoms with Crippen LogP contribution in [0.25, 0.3) is 0 Å². The van der Waals surface area contributed by atoms with Crippen LogP contribution in [-0.4, -0.2) is 37.1 Å². The molecule has 1 saturated heterocycles. The maximum atomic E-state index is 9.36. The second kappa shape index (κ2) is 4.51. The minimum absolute atomic E-state index is 0.229. The second-order valence-electron chi connectivity index (χ2n) is 5.18. The molecule has 1 N–H and O–H groups in total. The zero-order valence-corrected chi connectivity index (χ0v) is 9.63. The second-order valence-corrected chi connectivity index (χ2v) is 5.18. The molecular weight excluding hydrogens is 186 g/mol. The van der Waals surface area contributed by atoms with Gasteiger partial charge in [-0.15, -0.1) is 0 Å². The van der Waals surface area contributed by atoms with Crippen molar-refractivity contribution in [1.82, 2.24) is 10.2 Å². The first kappa shape index (κ1) is 10.9. The van der Waals surface area contributed by atoms with Crippen molar-refractivity contribution < 1.29 is 0 Å². The quantitative estimate of drug-likeness (QED) is 0.759. The van der Waals surface area contributed by atoms with E-state index in [1.165, 1.54) is 12.8 Å². The molecule has 0 radical (unpaired) electrons. The molecule has 2 fully saturated rings. The molecule has 1 saturated carbocycles. The maximum absolute atomic E-state index is 9.36. The Balaban J connectivity index is 1.90. The highest BCUT2D eigenvalue weighted by molar-refractivity contribution is 5.08. The van der Waals surface area contributed by atoms with E-state index in [1.807, 2.05) is 0 Å². The van der Waals surface area contributed by atoms with Crippen LogP contribution < -0.4 is 5.32 Å². The molecule has 0 bridgehead atoms. The van der Waals surface area contributed by atoms with Gasteiger partial charge in [-0.3, -0.25) is 5.32 Å². The zero-order valence-electron chi connectivity index (χ0n) is 9.63. The van der Waals surface area contributed by atoms with Crippen LogP contribution in [-0.2, 0) is 0 Å². The summed E-state index contributed by atoms with van der Waals surface area (Å²) in [5.74, 6) is 0.858. The van der Waals surface area contributed by atoms with Gasteiger partial charge < -0.3 is 4.90 Å². The monoisotopic (exact) mass is 207 g/mol. The molecule has 0 amide bonds. The highest BCUT2D eigenvalue weighted by atomic mass is 15.1. The Morgan fingerprint density at radius 3 is 2.87 bits per heavy atom. The lowest BCUT2D eigenvalue weighted by Gasteiger charge is -2.26. The summed E-state index contributed by atoms with van der Waals surface area (Å²) in [6, 6.07) is 2.52. The van der Waals surface area contributed by atoms with Crippen LogP contribution in [0.2, 0.25) is 0 Å². The molecule has 0 aromatic heterocycles. The SMILES string of the molecule is CN1CCCC(C#N)(NCC2CC2)CC1. The number of rotatable bonds is 3. The van der Waals surface area contributed by atoms with Gasteiger partial charge in [0, 0.05) is 6.54 Å². The van der Waals surface area contributed by atoms with E-state index in [2.05, 4.69) is 23.3 Å². The van der Waals surface area contributed by atoms with Crippen molar-refractivity contribution >= 4 is 0 Å². The molecule has 2 rings (SSSR count). The van der Waals surface area contributed by atoms with Crippen LogP contribution in [0.15, 0.2) is 0 Å². The highest BCUT2D eigenvalue weighted by Gasteiger charge is 2.33. The topological polar surface area (TPSA) is 39.1 Å². The number of nitrogens with zero attached hydrogens (tertiary/aromatic N) is 2. The largest absolute Gasteiger partial charge is 0.306 e. The summed E-state index contributed by atoms with van der Waals surface area (Å²) in [7, 11) is 2.15. The molecule has 1 atom stereocenters. The van der Waals surface area contributed by atoms with Crippen molar-refractivity contribution in [1.29, 1.82) is 5.26 Å². The van der Waals surface area contributed by atoms with E-state index in [0.29, 0.717) is 0 Å². The Labute approximate surface area is 92.4 Å². The standard InChI is InChI=1S/C12H21N3/c1-15-7-2-5-12(10-13,6-8-15)14-9-11-3-4-11/h11,14H,2-9H2,1H3. The Morgan fingerprint density at radius 1 is 1.40 bits per heavy atom. The fourth-order valence-corrected chi connectivity index (χ4v) is 2.26. The molecule has 3 heteroatoms. The third-order valence-electron chi connectivity index (χ3n) is 3.70. The highest BCUT2D eigenvalue weighted by Crippen LogP contribution is 2.29. The van der Waals surface area contributed by atoms with Gasteiger partial charge in [-0.2, -0.15) is 5.26 Å². The molecule has 0 spiro atoms. The van der Waals surface area contributed by atoms with E-state index in [4.69, 9.17) is 0 Å². The normalized spacial score (nSPS) is 33.3. The Kier molecular flexibility index (Phi) is 3.28. The van der Waals surface area contributed by atoms with Gasteiger partial charge in [-0.25, -0.2) is 0 Å². The first-order chi connectivity index (χ1) is 7.24. The van der Waals surface area contributed by atoms with E-state index >= 15 is 0 Å². The van der Waals surface area contributed by atoms with Crippen LogP contribution in [0.1, 0.15) is 32.1 Å². The van der Waals surface area contributed by atoms with Crippen molar-refractivity contribution in [3.05, 3.63) is 0 Å². The van der Waals surface area contributed by atoms with E-state index < -0.39 is 0 Å². The Bertz CT molecular complexity index is 254. The molecule has 1 aliphatic heterocycles. The summed E-state index contributed by atoms with van der Waals surface area (Å²) in [6.07, 6.45) is 5.85. The third kappa shape index (κ3) is 2.93. The fourth-order valence-electron chi connectivity index (χ4n) is 2.26. The van der Waals surface area contributed by atoms with Crippen LogP contribution in [0, 0.1) is 17.2 Å². The molecule has 1 unspecified atom stereocenters. The van der Waals surface area contributed by atoms with Crippen molar-refractivity contribution in [2.24, 2.45) is 5.92 Å². The number of nitrogens with one attached hydrogen (secondary N) is 1. The molecule has 0 aromatic carbocycles. The predicted octanol–water partition coefficient (Wildman–Crippen LogP) is 1.36. The van der Waals surface area contributed by atoms with E-state index in [-0.39, 0.29) is 5.54 Å². The van der Waals surface area contributed by atoms with E-state index in [1.54, 1.807) is 0 Å². The van der Waals surface area contributed by atoms with Crippen molar-refractivity contribution in [3.63, 3.8) is 0 Å². The summed E-state index contributed by atoms with van der Waals surface area (Å²) >= 11 is 0. The molecular formula is C12H21N3. The lowest BCUT2D eigenvalue weighted by atomic mass is 9.92. The van der Waals surface area contributed by atoms with E-state index in [9.17, 15) is 5.26 Å². The van der Waals surface area contributed by atoms with Gasteiger partial charge >= 0.3 is 0 Å². The van der Waals surface area contributed by atoms with Gasteiger partial charge in [0.05, 0.1) is 6.07 Å². The van der Waals surface area contributed by atoms with Crippen molar-refractivity contribution in [2.45, 2.75) is 37.6 Å². The molecule has 2 aliphatic rings. The molecule has 15 heavy (non-hydrogen) atoms. The zero-order chi connectivity index (χ0) is 10.7. The van der Waals surface area contributed by atoms with Crippen LogP contribution in [0.4, 0.5) is 0 Å². The van der Waals surface area contributed by atoms with Gasteiger partial charge in [0.2, 0.25) is 0 Å². The molecule has 1 aliphatic carbocycles. The molecule has 0 aromatic rings. The number of hydrogen-bond donors (Lipinski definition) is 1. The van der Waals surface area contributed by atoms with Gasteiger partial charge in [-0.1, -0.05) is 0 Å². The average Bonchev–Trinajstić information content (AvgIpc) is 3.04. The van der Waals surface area contributed by atoms with Crippen molar-refractivity contribution in [2.75, 3.05) is 26.7 Å². The third-order valence-corrected chi connectivity index (χ3v) is 3.70. The van der Waals surface area contributed by atoms with Crippen LogP contribution in [0.5, 0.6) is 0 Å². The van der Waals surface area contributed by atoms with E-state index in [0.717, 1.165) is 44.8 Å². The van der Waals surface area contributed by atoms with Gasteiger partial charge in [-0.05, 0) is 58.2 Å². The lowest BCUT2D eigenvalue weighted by molar-refractivity contribution is 0.324. The minimum atomic E-state index is -0.229. The number of hydrogen-bond acceptors (Lipinski definition) is 3. The van der Waals surface area contributed by atoms with Crippen LogP contribution >= 0.6 is 0 Å². The molecule has 84 valence electrons. The van der Waals surface area contributed by atoms with Crippen molar-refractivity contribution in [3.8, 4) is 6.07 Å². The minimum Gasteiger partial charge on any atom is -0.306 e. The number of nitriles is 1. The molecule has 3 nitrogen and oxygen atoms in total. The smallest absolute Gasteiger partial charge is 0.108 e. The van der Waals surface area contributed by atoms with Gasteiger partial charge in [0.15, 0.2) is 0 Å². The Morgan fingerprint density at radius 2 is 2.20 bits per heavy atom. The summed E-state index contributed by atoms with van der Waals surface area (Å²) < 4.78 is 0. The Hall–Kier alpha value is -0.590. The lowest BCUT2D eigenvalue weighted by Crippen LogP contribution is -2.45. The molecule has 1 heterocycles. The average molecular weight is 207 g/mol. The maximum Gasteiger partial charge on any atom is 0.108 e. The first-order valence-corrected chi connectivity index (χ1v) is 6.09. The summed E-state index contributed by atoms with van der Waals surface area (Å²) in [5.41, 5.74) is -0.229. The number of likely N-dealkylation sites (tertiary alicyclic amines) is 1. The summed E-state index contributed by atoms with van der Waals surface area (Å²) in [6.45, 7) is 3.23. The first-order valence-electron chi connectivity index (χ1n) is 6.09. The van der Waals surface area contributed by atoms with Gasteiger partial charge in [0.25, 0.3) is 0 Å². The predicted molar refractivity (Wildman–Crippen MR) is 60.4 cm³/mol. The summed E-state index contributed by atoms with van der Waals surface area (Å²) in [4.78, 5) is 2.33.